The third-order valence-electron chi connectivity index (χ3n) is 3.41. The maximum atomic E-state index is 10.7. The summed E-state index contributed by atoms with van der Waals surface area (Å²) in [6.45, 7) is 0. The van der Waals surface area contributed by atoms with Crippen LogP contribution in [0.15, 0.2) is 0 Å². The first-order valence-corrected chi connectivity index (χ1v) is 4.65. The number of aliphatic hydroxyl groups excluding tert-OH is 1. The molecule has 13 heavy (non-hydrogen) atoms. The molecule has 2 aliphatic rings. The largest absolute Gasteiger partial charge is 0.479 e. The van der Waals surface area contributed by atoms with E-state index in [1.807, 2.05) is 0 Å². The van der Waals surface area contributed by atoms with Crippen LogP contribution < -0.4 is 0 Å². The molecule has 74 valence electrons. The van der Waals surface area contributed by atoms with Crippen molar-refractivity contribution in [3.63, 3.8) is 0 Å². The van der Waals surface area contributed by atoms with E-state index in [1.54, 1.807) is 0 Å². The van der Waals surface area contributed by atoms with Gasteiger partial charge in [0.15, 0.2) is 5.60 Å². The lowest BCUT2D eigenvalue weighted by Gasteiger charge is -2.18. The molecule has 0 saturated heterocycles. The molecule has 0 heterocycles. The molecule has 0 bridgehead atoms. The number of carboxylic acid groups (broad SMARTS) is 1. The fourth-order valence-corrected chi connectivity index (χ4v) is 2.81. The van der Waals surface area contributed by atoms with Crippen molar-refractivity contribution in [2.75, 3.05) is 0 Å². The van der Waals surface area contributed by atoms with Gasteiger partial charge in [0.05, 0.1) is 6.10 Å². The highest BCUT2D eigenvalue weighted by molar-refractivity contribution is 5.77. The first-order valence-electron chi connectivity index (χ1n) is 4.65. The summed E-state index contributed by atoms with van der Waals surface area (Å²) in [5.41, 5.74) is -1.52. The lowest BCUT2D eigenvalue weighted by Crippen LogP contribution is -2.36. The molecule has 4 nitrogen and oxygen atoms in total. The number of hydrogen-bond donors (Lipinski definition) is 3. The summed E-state index contributed by atoms with van der Waals surface area (Å²) in [4.78, 5) is 10.7. The molecular weight excluding hydrogens is 172 g/mol. The number of fused-ring (bicyclic) bond motifs is 1. The quantitative estimate of drug-likeness (QED) is 0.538. The molecule has 0 amide bonds. The molecule has 2 unspecified atom stereocenters. The predicted molar refractivity (Wildman–Crippen MR) is 44.0 cm³/mol. The van der Waals surface area contributed by atoms with Gasteiger partial charge in [-0.3, -0.25) is 0 Å². The van der Waals surface area contributed by atoms with Gasteiger partial charge in [-0.1, -0.05) is 0 Å². The second kappa shape index (κ2) is 2.69. The van der Waals surface area contributed by atoms with Gasteiger partial charge in [0.2, 0.25) is 0 Å². The molecule has 2 atom stereocenters. The summed E-state index contributed by atoms with van der Waals surface area (Å²) >= 11 is 0. The Morgan fingerprint density at radius 1 is 1.23 bits per heavy atom. The number of carboxylic acids is 1. The van der Waals surface area contributed by atoms with Crippen LogP contribution in [-0.2, 0) is 4.79 Å². The van der Waals surface area contributed by atoms with Crippen molar-refractivity contribution in [2.45, 2.75) is 37.4 Å². The van der Waals surface area contributed by atoms with Crippen LogP contribution in [0.3, 0.4) is 0 Å². The Balaban J connectivity index is 2.08. The minimum absolute atomic E-state index is 0.205. The number of carbonyl (C=O) groups is 1. The molecule has 2 saturated carbocycles. The Morgan fingerprint density at radius 3 is 2.08 bits per heavy atom. The highest BCUT2D eigenvalue weighted by atomic mass is 16.4. The predicted octanol–water partition coefficient (Wildman–Crippen LogP) is -0.0170. The highest BCUT2D eigenvalue weighted by Gasteiger charge is 2.52. The molecule has 0 aromatic heterocycles. The molecule has 0 spiro atoms. The van der Waals surface area contributed by atoms with Crippen LogP contribution >= 0.6 is 0 Å². The smallest absolute Gasteiger partial charge is 0.335 e. The zero-order valence-corrected chi connectivity index (χ0v) is 7.31. The molecule has 4 heteroatoms. The molecule has 2 fully saturated rings. The van der Waals surface area contributed by atoms with E-state index in [2.05, 4.69) is 0 Å². The topological polar surface area (TPSA) is 77.8 Å². The number of aliphatic hydroxyl groups is 2. The minimum Gasteiger partial charge on any atom is -0.479 e. The van der Waals surface area contributed by atoms with Crippen molar-refractivity contribution < 1.29 is 20.1 Å². The number of hydrogen-bond acceptors (Lipinski definition) is 3. The van der Waals surface area contributed by atoms with Crippen molar-refractivity contribution in [3.8, 4) is 0 Å². The van der Waals surface area contributed by atoms with Crippen molar-refractivity contribution >= 4 is 5.97 Å². The summed E-state index contributed by atoms with van der Waals surface area (Å²) in [6, 6.07) is 0. The Labute approximate surface area is 76.2 Å². The van der Waals surface area contributed by atoms with Crippen LogP contribution in [0.25, 0.3) is 0 Å². The second-order valence-electron chi connectivity index (χ2n) is 4.39. The van der Waals surface area contributed by atoms with Gasteiger partial charge in [-0.2, -0.15) is 0 Å². The zero-order chi connectivity index (χ0) is 9.64. The van der Waals surface area contributed by atoms with Crippen LogP contribution in [0.1, 0.15) is 25.7 Å². The number of rotatable bonds is 1. The van der Waals surface area contributed by atoms with Crippen molar-refractivity contribution in [1.29, 1.82) is 0 Å². The average Bonchev–Trinajstić information content (AvgIpc) is 2.42. The summed E-state index contributed by atoms with van der Waals surface area (Å²) in [5.74, 6) is -0.705. The molecule has 3 N–H and O–H groups in total. The first-order chi connectivity index (χ1) is 6.01. The van der Waals surface area contributed by atoms with E-state index < -0.39 is 11.6 Å². The van der Waals surface area contributed by atoms with E-state index in [-0.39, 0.29) is 17.9 Å². The van der Waals surface area contributed by atoms with Gasteiger partial charge >= 0.3 is 5.97 Å². The minimum atomic E-state index is -1.52. The third-order valence-corrected chi connectivity index (χ3v) is 3.41. The van der Waals surface area contributed by atoms with Crippen LogP contribution in [0, 0.1) is 11.8 Å². The molecule has 0 aromatic carbocycles. The van der Waals surface area contributed by atoms with Crippen molar-refractivity contribution in [2.24, 2.45) is 11.8 Å². The lowest BCUT2D eigenvalue weighted by molar-refractivity contribution is -0.158. The van der Waals surface area contributed by atoms with E-state index >= 15 is 0 Å². The summed E-state index contributed by atoms with van der Waals surface area (Å²) in [7, 11) is 0. The van der Waals surface area contributed by atoms with Gasteiger partial charge in [-0.15, -0.1) is 0 Å². The SMILES string of the molecule is O=C(O)C1(O)CC2CC(O)CC2C1. The standard InChI is InChI=1S/C9H14O4/c10-7-1-5-3-9(13,8(11)12)4-6(5)2-7/h5-7,10,13H,1-4H2,(H,11,12). The van der Waals surface area contributed by atoms with E-state index in [0.29, 0.717) is 25.7 Å². The van der Waals surface area contributed by atoms with Crippen molar-refractivity contribution in [1.82, 2.24) is 0 Å². The van der Waals surface area contributed by atoms with Crippen LogP contribution in [0.5, 0.6) is 0 Å². The Bertz CT molecular complexity index is 224. The molecule has 0 aromatic rings. The van der Waals surface area contributed by atoms with E-state index in [4.69, 9.17) is 5.11 Å². The molecule has 0 aliphatic heterocycles. The van der Waals surface area contributed by atoms with Crippen LogP contribution in [0.2, 0.25) is 0 Å². The van der Waals surface area contributed by atoms with Gasteiger partial charge in [0.25, 0.3) is 0 Å². The van der Waals surface area contributed by atoms with E-state index in [1.165, 1.54) is 0 Å². The summed E-state index contributed by atoms with van der Waals surface area (Å²) in [6.07, 6.45) is 1.64. The zero-order valence-electron chi connectivity index (χ0n) is 7.31. The van der Waals surface area contributed by atoms with E-state index in [9.17, 15) is 15.0 Å². The third kappa shape index (κ3) is 1.34. The van der Waals surface area contributed by atoms with E-state index in [0.717, 1.165) is 0 Å². The Morgan fingerprint density at radius 2 is 1.69 bits per heavy atom. The van der Waals surface area contributed by atoms with Gasteiger partial charge in [0.1, 0.15) is 0 Å². The number of aliphatic carboxylic acids is 1. The van der Waals surface area contributed by atoms with Gasteiger partial charge in [-0.05, 0) is 37.5 Å². The maximum Gasteiger partial charge on any atom is 0.335 e. The van der Waals surface area contributed by atoms with Crippen LogP contribution in [0.4, 0.5) is 0 Å². The van der Waals surface area contributed by atoms with Gasteiger partial charge in [0, 0.05) is 0 Å². The maximum absolute atomic E-state index is 10.7. The molecule has 2 rings (SSSR count). The van der Waals surface area contributed by atoms with Crippen LogP contribution in [-0.4, -0.2) is 33.0 Å². The normalized spacial score (nSPS) is 49.2. The monoisotopic (exact) mass is 186 g/mol. The fourth-order valence-electron chi connectivity index (χ4n) is 2.81. The lowest BCUT2D eigenvalue weighted by atomic mass is 9.98. The Hall–Kier alpha value is -0.610. The second-order valence-corrected chi connectivity index (χ2v) is 4.39. The Kier molecular flexibility index (Phi) is 1.85. The highest BCUT2D eigenvalue weighted by Crippen LogP contribution is 2.48. The first kappa shape index (κ1) is 8.97. The van der Waals surface area contributed by atoms with Crippen molar-refractivity contribution in [3.05, 3.63) is 0 Å². The molecule has 2 aliphatic carbocycles. The van der Waals surface area contributed by atoms with Gasteiger partial charge < -0.3 is 15.3 Å². The molecule has 0 radical (unpaired) electrons. The summed E-state index contributed by atoms with van der Waals surface area (Å²) in [5, 5.41) is 27.8. The fraction of sp³-hybridized carbons (Fsp3) is 0.889. The molecular formula is C9H14O4. The van der Waals surface area contributed by atoms with Gasteiger partial charge in [-0.25, -0.2) is 4.79 Å². The average molecular weight is 186 g/mol. The summed E-state index contributed by atoms with van der Waals surface area (Å²) < 4.78 is 0.